The first-order valence-electron chi connectivity index (χ1n) is 10.5. The monoisotopic (exact) mass is 506 g/mol. The molecule has 0 aliphatic rings. The Morgan fingerprint density at radius 3 is 2.00 bits per heavy atom. The normalized spacial score (nSPS) is 15.5. The molecule has 0 saturated carbocycles. The summed E-state index contributed by atoms with van der Waals surface area (Å²) in [4.78, 5) is 0.324. The van der Waals surface area contributed by atoms with Gasteiger partial charge in [0.15, 0.2) is 0 Å². The third kappa shape index (κ3) is 5.63. The van der Waals surface area contributed by atoms with Crippen LogP contribution in [-0.2, 0) is 9.47 Å². The molecule has 31 heavy (non-hydrogen) atoms. The second kappa shape index (κ2) is 10.8. The second-order valence-corrected chi connectivity index (χ2v) is 11.2. The first kappa shape index (κ1) is 24.1. The van der Waals surface area contributed by atoms with Gasteiger partial charge in [-0.2, -0.15) is 0 Å². The van der Waals surface area contributed by atoms with Crippen molar-refractivity contribution in [3.05, 3.63) is 87.8 Å². The number of hydrogen-bond acceptors (Lipinski definition) is 3. The van der Waals surface area contributed by atoms with Crippen molar-refractivity contribution in [3.63, 3.8) is 0 Å². The zero-order valence-electron chi connectivity index (χ0n) is 19.0. The molecule has 3 rings (SSSR count). The van der Waals surface area contributed by atoms with Gasteiger partial charge in [0.2, 0.25) is 0 Å². The summed E-state index contributed by atoms with van der Waals surface area (Å²) in [5.41, 5.74) is 3.64. The van der Waals surface area contributed by atoms with Crippen molar-refractivity contribution < 1.29 is 13.9 Å². The van der Waals surface area contributed by atoms with Crippen LogP contribution in [-0.4, -0.2) is 29.2 Å². The summed E-state index contributed by atoms with van der Waals surface area (Å²) in [6, 6.07) is 18.7. The number of furan rings is 1. The Kier molecular flexibility index (Phi) is 8.43. The predicted octanol–water partition coefficient (Wildman–Crippen LogP) is 6.63. The van der Waals surface area contributed by atoms with E-state index in [1.807, 2.05) is 25.1 Å². The number of benzene rings is 2. The summed E-state index contributed by atoms with van der Waals surface area (Å²) in [5, 5.41) is 0.743. The number of hydrogen-bond donors (Lipinski definition) is 0. The van der Waals surface area contributed by atoms with Gasteiger partial charge in [-0.15, -0.1) is 0 Å². The Labute approximate surface area is 197 Å². The molecule has 3 aromatic rings. The zero-order chi connectivity index (χ0) is 22.5. The third-order valence-corrected chi connectivity index (χ3v) is 8.78. The summed E-state index contributed by atoms with van der Waals surface area (Å²) in [6.07, 6.45) is 0.0344. The van der Waals surface area contributed by atoms with Crippen LogP contribution in [0.2, 0.25) is 9.84 Å². The average Bonchev–Trinajstić information content (AvgIpc) is 3.18. The molecule has 166 valence electrons. The van der Waals surface area contributed by atoms with E-state index in [2.05, 4.69) is 57.2 Å². The number of halogens is 1. The predicted molar refractivity (Wildman–Crippen MR) is 129 cm³/mol. The molecule has 0 amide bonds. The SMILES string of the molecule is CO[C@H](C)c1cccc([C@@H](C)OC)c1[Se][C@H](C)[C@H](c1cccc(Cl)c1)c1ccc(C)o1. The molecule has 4 atom stereocenters. The van der Waals surface area contributed by atoms with E-state index in [-0.39, 0.29) is 33.1 Å². The molecule has 0 aliphatic carbocycles. The summed E-state index contributed by atoms with van der Waals surface area (Å²) in [5.74, 6) is 2.01. The fraction of sp³-hybridized carbons (Fsp3) is 0.385. The summed E-state index contributed by atoms with van der Waals surface area (Å²) in [7, 11) is 3.52. The molecule has 2 aromatic carbocycles. The Bertz CT molecular complexity index is 972. The fourth-order valence-corrected chi connectivity index (χ4v) is 7.27. The van der Waals surface area contributed by atoms with Crippen LogP contribution in [0.15, 0.2) is 59.0 Å². The van der Waals surface area contributed by atoms with Gasteiger partial charge in [-0.3, -0.25) is 0 Å². The van der Waals surface area contributed by atoms with Crippen molar-refractivity contribution >= 4 is 31.0 Å². The van der Waals surface area contributed by atoms with Crippen LogP contribution in [0.1, 0.15) is 67.1 Å². The standard InChI is InChI=1S/C26H31ClO3Se/c1-16-13-14-24(30-16)25(20-9-7-10-21(27)15-20)19(4)31-26-22(17(2)28-5)11-8-12-23(26)18(3)29-6/h7-15,17-19,25H,1-6H3/t17-,18-,19-,25-/m1/s1. The van der Waals surface area contributed by atoms with Crippen molar-refractivity contribution in [2.75, 3.05) is 14.2 Å². The molecular weight excluding hydrogens is 475 g/mol. The molecule has 0 aliphatic heterocycles. The van der Waals surface area contributed by atoms with E-state index in [1.165, 1.54) is 21.2 Å². The molecule has 0 saturated heterocycles. The topological polar surface area (TPSA) is 31.6 Å². The van der Waals surface area contributed by atoms with Crippen LogP contribution in [0.4, 0.5) is 0 Å². The van der Waals surface area contributed by atoms with Crippen LogP contribution < -0.4 is 4.46 Å². The molecule has 0 spiro atoms. The minimum atomic E-state index is 0.0172. The molecule has 0 fully saturated rings. The van der Waals surface area contributed by atoms with Gasteiger partial charge >= 0.3 is 198 Å². The van der Waals surface area contributed by atoms with E-state index < -0.39 is 0 Å². The van der Waals surface area contributed by atoms with Gasteiger partial charge in [-0.1, -0.05) is 0 Å². The Morgan fingerprint density at radius 1 is 0.871 bits per heavy atom. The molecular formula is C26H31ClO3Se. The Morgan fingerprint density at radius 2 is 1.48 bits per heavy atom. The van der Waals surface area contributed by atoms with E-state index in [0.717, 1.165) is 16.5 Å². The van der Waals surface area contributed by atoms with Crippen LogP contribution in [0, 0.1) is 6.92 Å². The van der Waals surface area contributed by atoms with Crippen LogP contribution >= 0.6 is 11.6 Å². The molecule has 1 heterocycles. The zero-order valence-corrected chi connectivity index (χ0v) is 21.5. The molecule has 3 nitrogen and oxygen atoms in total. The number of ether oxygens (including phenoxy) is 2. The number of methoxy groups -OCH3 is 2. The fourth-order valence-electron chi connectivity index (χ4n) is 3.84. The summed E-state index contributed by atoms with van der Waals surface area (Å²) < 4.78 is 18.9. The quantitative estimate of drug-likeness (QED) is 0.306. The summed E-state index contributed by atoms with van der Waals surface area (Å²) in [6.45, 7) is 8.50. The van der Waals surface area contributed by atoms with Gasteiger partial charge in [-0.05, 0) is 0 Å². The van der Waals surface area contributed by atoms with Gasteiger partial charge in [0, 0.05) is 0 Å². The molecule has 0 N–H and O–H groups in total. The van der Waals surface area contributed by atoms with Crippen LogP contribution in [0.3, 0.4) is 0 Å². The second-order valence-electron chi connectivity index (χ2n) is 7.83. The Balaban J connectivity index is 2.07. The average molecular weight is 506 g/mol. The van der Waals surface area contributed by atoms with Crippen molar-refractivity contribution in [2.45, 2.75) is 50.6 Å². The summed E-state index contributed by atoms with van der Waals surface area (Å²) >= 11 is 6.50. The van der Waals surface area contributed by atoms with Gasteiger partial charge in [-0.25, -0.2) is 0 Å². The van der Waals surface area contributed by atoms with Crippen molar-refractivity contribution in [2.24, 2.45) is 0 Å². The van der Waals surface area contributed by atoms with Gasteiger partial charge < -0.3 is 0 Å². The maximum absolute atomic E-state index is 6.36. The van der Waals surface area contributed by atoms with E-state index in [1.54, 1.807) is 14.2 Å². The molecule has 0 unspecified atom stereocenters. The molecule has 5 heteroatoms. The third-order valence-electron chi connectivity index (χ3n) is 5.71. The van der Waals surface area contributed by atoms with Crippen LogP contribution in [0.5, 0.6) is 0 Å². The van der Waals surface area contributed by atoms with Crippen molar-refractivity contribution in [1.82, 2.24) is 0 Å². The van der Waals surface area contributed by atoms with E-state index in [9.17, 15) is 0 Å². The Hall–Kier alpha value is -1.55. The molecule has 0 radical (unpaired) electrons. The van der Waals surface area contributed by atoms with Gasteiger partial charge in [0.25, 0.3) is 0 Å². The maximum atomic E-state index is 6.36. The van der Waals surface area contributed by atoms with Gasteiger partial charge in [0.05, 0.1) is 0 Å². The van der Waals surface area contributed by atoms with Crippen molar-refractivity contribution in [3.8, 4) is 0 Å². The first-order chi connectivity index (χ1) is 14.8. The van der Waals surface area contributed by atoms with E-state index in [0.29, 0.717) is 4.82 Å². The van der Waals surface area contributed by atoms with E-state index in [4.69, 9.17) is 25.5 Å². The number of rotatable bonds is 9. The van der Waals surface area contributed by atoms with E-state index >= 15 is 0 Å². The van der Waals surface area contributed by atoms with Crippen molar-refractivity contribution in [1.29, 1.82) is 0 Å². The van der Waals surface area contributed by atoms with Crippen LogP contribution in [0.25, 0.3) is 0 Å². The molecule has 1 aromatic heterocycles. The minimum absolute atomic E-state index is 0.0172. The van der Waals surface area contributed by atoms with Gasteiger partial charge in [0.1, 0.15) is 0 Å². The first-order valence-corrected chi connectivity index (χ1v) is 12.7. The molecule has 0 bridgehead atoms. The number of aryl methyl sites for hydroxylation is 1.